The van der Waals surface area contributed by atoms with Gasteiger partial charge in [-0.25, -0.2) is 0 Å². The van der Waals surface area contributed by atoms with Crippen LogP contribution in [0.2, 0.25) is 0 Å². The van der Waals surface area contributed by atoms with Crippen molar-refractivity contribution in [3.8, 4) is 0 Å². The minimum Gasteiger partial charge on any atom is -0.455 e. The number of ether oxygens (including phenoxy) is 1. The van der Waals surface area contributed by atoms with Gasteiger partial charge < -0.3 is 4.74 Å². The molecule has 3 heteroatoms. The molecule has 0 aliphatic carbocycles. The van der Waals surface area contributed by atoms with E-state index in [0.29, 0.717) is 11.0 Å². The maximum Gasteiger partial charge on any atom is 0.310 e. The number of halogens is 1. The van der Waals surface area contributed by atoms with Crippen LogP contribution in [0.1, 0.15) is 6.42 Å². The van der Waals surface area contributed by atoms with Crippen LogP contribution in [0.25, 0.3) is 0 Å². The quantitative estimate of drug-likeness (QED) is 0.315. The lowest BCUT2D eigenvalue weighted by atomic mass is 10.4. The highest BCUT2D eigenvalue weighted by molar-refractivity contribution is 14.1. The van der Waals surface area contributed by atoms with Crippen molar-refractivity contribution in [2.45, 2.75) is 6.42 Å². The number of carbonyl (C=O) groups excluding carboxylic acids is 1. The predicted molar refractivity (Wildman–Crippen MR) is 39.8 cm³/mol. The Morgan fingerprint density at radius 2 is 2.50 bits per heavy atom. The summed E-state index contributed by atoms with van der Waals surface area (Å²) in [7, 11) is 0. The summed E-state index contributed by atoms with van der Waals surface area (Å²) in [6.07, 6.45) is 1.83. The summed E-state index contributed by atoms with van der Waals surface area (Å²) in [6, 6.07) is 0. The van der Waals surface area contributed by atoms with Crippen molar-refractivity contribution in [2.75, 3.05) is 4.61 Å². The van der Waals surface area contributed by atoms with Crippen molar-refractivity contribution in [1.82, 2.24) is 0 Å². The summed E-state index contributed by atoms with van der Waals surface area (Å²) >= 11 is 1.96. The Bertz CT molecular complexity index is 90.4. The Morgan fingerprint density at radius 3 is 2.88 bits per heavy atom. The van der Waals surface area contributed by atoms with Gasteiger partial charge in [0.2, 0.25) is 0 Å². The van der Waals surface area contributed by atoms with Gasteiger partial charge in [0.25, 0.3) is 0 Å². The molecule has 0 spiro atoms. The highest BCUT2D eigenvalue weighted by Crippen LogP contribution is 1.89. The highest BCUT2D eigenvalue weighted by Gasteiger charge is 1.93. The van der Waals surface area contributed by atoms with Gasteiger partial charge in [0.15, 0.2) is 0 Å². The average Bonchev–Trinajstić information content (AvgIpc) is 1.68. The van der Waals surface area contributed by atoms with Crippen LogP contribution in [0.3, 0.4) is 0 Å². The molecule has 0 unspecified atom stereocenters. The Kier molecular flexibility index (Phi) is 5.05. The Hall–Kier alpha value is -0.0600. The first-order chi connectivity index (χ1) is 3.81. The van der Waals surface area contributed by atoms with E-state index in [0.717, 1.165) is 0 Å². The molecule has 0 amide bonds. The molecule has 0 aliphatic heterocycles. The molecular weight excluding hydrogens is 219 g/mol. The molecule has 0 heterocycles. The summed E-state index contributed by atoms with van der Waals surface area (Å²) in [5.74, 6) is -0.214. The van der Waals surface area contributed by atoms with Gasteiger partial charge in [0.1, 0.15) is 4.61 Å². The number of carbonyl (C=O) groups is 1. The minimum atomic E-state index is -0.214. The molecule has 0 aromatic rings. The first-order valence-corrected chi connectivity index (χ1v) is 3.66. The van der Waals surface area contributed by atoms with Gasteiger partial charge in [-0.15, -0.1) is 6.58 Å². The normalized spacial score (nSPS) is 8.12. The lowest BCUT2D eigenvalue weighted by Gasteiger charge is -1.93. The molecular formula is C5H7IO2. The van der Waals surface area contributed by atoms with Gasteiger partial charge in [-0.3, -0.25) is 4.79 Å². The molecule has 0 N–H and O–H groups in total. The van der Waals surface area contributed by atoms with Crippen molar-refractivity contribution in [3.05, 3.63) is 12.7 Å². The summed E-state index contributed by atoms with van der Waals surface area (Å²) < 4.78 is 4.98. The molecule has 0 aromatic carbocycles. The third-order valence-electron chi connectivity index (χ3n) is 0.527. The van der Waals surface area contributed by atoms with Crippen molar-refractivity contribution in [1.29, 1.82) is 0 Å². The zero-order valence-corrected chi connectivity index (χ0v) is 6.55. The zero-order chi connectivity index (χ0) is 6.41. The molecule has 0 saturated carbocycles. The number of hydrogen-bond acceptors (Lipinski definition) is 2. The van der Waals surface area contributed by atoms with E-state index in [2.05, 4.69) is 11.3 Å². The Labute approximate surface area is 62.0 Å². The van der Waals surface area contributed by atoms with E-state index in [1.165, 1.54) is 6.08 Å². The largest absolute Gasteiger partial charge is 0.455 e. The van der Waals surface area contributed by atoms with E-state index in [-0.39, 0.29) is 5.97 Å². The second-order valence-corrected chi connectivity index (χ2v) is 1.74. The van der Waals surface area contributed by atoms with Gasteiger partial charge in [0, 0.05) is 0 Å². The summed E-state index contributed by atoms with van der Waals surface area (Å²) in [5.41, 5.74) is 0. The fraction of sp³-hybridized carbons (Fsp3) is 0.400. The van der Waals surface area contributed by atoms with E-state index in [1.54, 1.807) is 0 Å². The van der Waals surface area contributed by atoms with Crippen LogP contribution in [-0.2, 0) is 9.53 Å². The molecule has 0 rings (SSSR count). The van der Waals surface area contributed by atoms with Gasteiger partial charge in [-0.1, -0.05) is 6.08 Å². The van der Waals surface area contributed by atoms with Gasteiger partial charge >= 0.3 is 5.97 Å². The summed E-state index contributed by atoms with van der Waals surface area (Å²) in [5, 5.41) is 0. The molecule has 0 atom stereocenters. The van der Waals surface area contributed by atoms with Gasteiger partial charge in [-0.05, 0) is 22.6 Å². The van der Waals surface area contributed by atoms with Crippen LogP contribution in [0.5, 0.6) is 0 Å². The highest BCUT2D eigenvalue weighted by atomic mass is 127. The SMILES string of the molecule is C=CCC(=O)OCI. The predicted octanol–water partition coefficient (Wildman–Crippen LogP) is 1.50. The smallest absolute Gasteiger partial charge is 0.310 e. The van der Waals surface area contributed by atoms with E-state index >= 15 is 0 Å². The van der Waals surface area contributed by atoms with E-state index in [9.17, 15) is 4.79 Å². The van der Waals surface area contributed by atoms with Crippen molar-refractivity contribution >= 4 is 28.6 Å². The second kappa shape index (κ2) is 5.08. The van der Waals surface area contributed by atoms with Crippen LogP contribution >= 0.6 is 22.6 Å². The maximum absolute atomic E-state index is 10.3. The fourth-order valence-corrected chi connectivity index (χ4v) is 0.585. The van der Waals surface area contributed by atoms with Crippen molar-refractivity contribution < 1.29 is 9.53 Å². The van der Waals surface area contributed by atoms with Crippen LogP contribution in [-0.4, -0.2) is 10.6 Å². The standard InChI is InChI=1S/C5H7IO2/c1-2-3-5(7)8-4-6/h2H,1,3-4H2. The molecule has 0 bridgehead atoms. The Morgan fingerprint density at radius 1 is 1.88 bits per heavy atom. The van der Waals surface area contributed by atoms with Crippen molar-refractivity contribution in [3.63, 3.8) is 0 Å². The third-order valence-corrected chi connectivity index (χ3v) is 0.838. The monoisotopic (exact) mass is 226 g/mol. The number of hydrogen-bond donors (Lipinski definition) is 0. The molecule has 2 nitrogen and oxygen atoms in total. The molecule has 0 aliphatic rings. The van der Waals surface area contributed by atoms with Gasteiger partial charge in [-0.2, -0.15) is 0 Å². The average molecular weight is 226 g/mol. The lowest BCUT2D eigenvalue weighted by Crippen LogP contribution is -1.99. The molecule has 0 fully saturated rings. The molecule has 0 aromatic heterocycles. The molecule has 46 valence electrons. The van der Waals surface area contributed by atoms with E-state index in [4.69, 9.17) is 0 Å². The zero-order valence-electron chi connectivity index (χ0n) is 4.39. The van der Waals surface area contributed by atoms with Crippen LogP contribution in [0, 0.1) is 0 Å². The second-order valence-electron chi connectivity index (χ2n) is 1.12. The molecule has 0 radical (unpaired) electrons. The van der Waals surface area contributed by atoms with E-state index in [1.807, 2.05) is 22.6 Å². The summed E-state index contributed by atoms with van der Waals surface area (Å²) in [4.78, 5) is 10.3. The van der Waals surface area contributed by atoms with Crippen LogP contribution < -0.4 is 0 Å². The molecule has 0 saturated heterocycles. The number of alkyl halides is 1. The minimum absolute atomic E-state index is 0.214. The topological polar surface area (TPSA) is 26.3 Å². The maximum atomic E-state index is 10.3. The van der Waals surface area contributed by atoms with E-state index < -0.39 is 0 Å². The number of esters is 1. The number of rotatable bonds is 3. The summed E-state index contributed by atoms with van der Waals surface area (Å²) in [6.45, 7) is 3.38. The van der Waals surface area contributed by atoms with Crippen molar-refractivity contribution in [2.24, 2.45) is 0 Å². The third kappa shape index (κ3) is 4.11. The lowest BCUT2D eigenvalue weighted by molar-refractivity contribution is -0.139. The first-order valence-electron chi connectivity index (χ1n) is 2.13. The fourth-order valence-electron chi connectivity index (χ4n) is 0.238. The first kappa shape index (κ1) is 7.94. The van der Waals surface area contributed by atoms with Crippen LogP contribution in [0.15, 0.2) is 12.7 Å². The van der Waals surface area contributed by atoms with Gasteiger partial charge in [0.05, 0.1) is 6.42 Å². The van der Waals surface area contributed by atoms with Crippen LogP contribution in [0.4, 0.5) is 0 Å². The molecule has 8 heavy (non-hydrogen) atoms. The Balaban J connectivity index is 3.18.